The van der Waals surface area contributed by atoms with Gasteiger partial charge in [0.15, 0.2) is 0 Å². The Labute approximate surface area is 124 Å². The summed E-state index contributed by atoms with van der Waals surface area (Å²) in [7, 11) is 0. The molecule has 0 saturated heterocycles. The van der Waals surface area contributed by atoms with Crippen molar-refractivity contribution in [2.75, 3.05) is 18.5 Å². The first-order valence-electron chi connectivity index (χ1n) is 6.94. The van der Waals surface area contributed by atoms with Gasteiger partial charge in [0.1, 0.15) is 6.33 Å². The van der Waals surface area contributed by atoms with E-state index in [0.717, 1.165) is 25.0 Å². The lowest BCUT2D eigenvalue weighted by Gasteiger charge is -2.09. The Morgan fingerprint density at radius 2 is 2.24 bits per heavy atom. The van der Waals surface area contributed by atoms with Crippen LogP contribution in [-0.4, -0.2) is 37.7 Å². The minimum atomic E-state index is 0.300. The van der Waals surface area contributed by atoms with Crippen LogP contribution < -0.4 is 10.1 Å². The Morgan fingerprint density at radius 1 is 1.38 bits per heavy atom. The van der Waals surface area contributed by atoms with Crippen LogP contribution in [0.2, 0.25) is 0 Å². The van der Waals surface area contributed by atoms with Gasteiger partial charge in [-0.25, -0.2) is 4.98 Å². The van der Waals surface area contributed by atoms with E-state index in [1.807, 2.05) is 6.92 Å². The second kappa shape index (κ2) is 7.37. The summed E-state index contributed by atoms with van der Waals surface area (Å²) in [4.78, 5) is 16.9. The highest BCUT2D eigenvalue weighted by atomic mass is 16.5. The van der Waals surface area contributed by atoms with Gasteiger partial charge >= 0.3 is 6.01 Å². The average molecular weight is 288 g/mol. The van der Waals surface area contributed by atoms with E-state index >= 15 is 0 Å². The Hall–Kier alpha value is -2.44. The van der Waals surface area contributed by atoms with Crippen molar-refractivity contribution in [2.45, 2.75) is 26.7 Å². The molecule has 0 fully saturated rings. The van der Waals surface area contributed by atoms with Crippen molar-refractivity contribution in [3.63, 3.8) is 0 Å². The minimum absolute atomic E-state index is 0.300. The zero-order valence-corrected chi connectivity index (χ0v) is 12.4. The molecule has 0 aliphatic heterocycles. The standard InChI is InChI=1S/C14H20N6O/c1-4-6-16-12-17-13(20-8-7-15-10-20)19-14(18-12)21-9-5-11(2)3/h7-8,10H,2,4-6,9H2,1,3H3,(H,16,17,18,19). The largest absolute Gasteiger partial charge is 0.463 e. The lowest BCUT2D eigenvalue weighted by Crippen LogP contribution is -2.11. The molecule has 0 atom stereocenters. The van der Waals surface area contributed by atoms with Crippen LogP contribution in [0.15, 0.2) is 30.9 Å². The smallest absolute Gasteiger partial charge is 0.323 e. The van der Waals surface area contributed by atoms with Gasteiger partial charge < -0.3 is 10.1 Å². The Morgan fingerprint density at radius 3 is 2.90 bits per heavy atom. The first-order chi connectivity index (χ1) is 10.2. The summed E-state index contributed by atoms with van der Waals surface area (Å²) in [6.07, 6.45) is 6.83. The summed E-state index contributed by atoms with van der Waals surface area (Å²) in [5, 5.41) is 3.14. The summed E-state index contributed by atoms with van der Waals surface area (Å²) >= 11 is 0. The molecule has 1 N–H and O–H groups in total. The molecule has 0 aliphatic carbocycles. The molecule has 0 amide bonds. The van der Waals surface area contributed by atoms with Crippen molar-refractivity contribution in [3.05, 3.63) is 30.9 Å². The average Bonchev–Trinajstić information content (AvgIpc) is 2.99. The normalized spacial score (nSPS) is 10.4. The molecule has 21 heavy (non-hydrogen) atoms. The van der Waals surface area contributed by atoms with Crippen LogP contribution in [0, 0.1) is 0 Å². The molecule has 7 nitrogen and oxygen atoms in total. The molecule has 112 valence electrons. The van der Waals surface area contributed by atoms with E-state index < -0.39 is 0 Å². The van der Waals surface area contributed by atoms with Gasteiger partial charge in [-0.05, 0) is 13.3 Å². The highest BCUT2D eigenvalue weighted by Gasteiger charge is 2.08. The Balaban J connectivity index is 2.18. The van der Waals surface area contributed by atoms with Crippen LogP contribution in [-0.2, 0) is 0 Å². The SMILES string of the molecule is C=C(C)CCOc1nc(NCCC)nc(-n2ccnc2)n1. The maximum absolute atomic E-state index is 5.58. The number of imidazole rings is 1. The summed E-state index contributed by atoms with van der Waals surface area (Å²) in [5.41, 5.74) is 1.06. The maximum atomic E-state index is 5.58. The first-order valence-corrected chi connectivity index (χ1v) is 6.94. The Bertz CT molecular complexity index is 581. The van der Waals surface area contributed by atoms with Gasteiger partial charge in [0.05, 0.1) is 6.61 Å². The van der Waals surface area contributed by atoms with Crippen LogP contribution in [0.5, 0.6) is 6.01 Å². The second-order valence-electron chi connectivity index (χ2n) is 4.69. The predicted octanol–water partition coefficient (Wildman–Crippen LogP) is 2.22. The number of nitrogens with one attached hydrogen (secondary N) is 1. The number of aromatic nitrogens is 5. The van der Waals surface area contributed by atoms with Gasteiger partial charge in [-0.1, -0.05) is 12.5 Å². The molecular formula is C14H20N6O. The van der Waals surface area contributed by atoms with E-state index in [1.54, 1.807) is 23.3 Å². The predicted molar refractivity (Wildman–Crippen MR) is 80.7 cm³/mol. The Kier molecular flexibility index (Phi) is 5.25. The van der Waals surface area contributed by atoms with Crippen molar-refractivity contribution >= 4 is 5.95 Å². The van der Waals surface area contributed by atoms with E-state index in [4.69, 9.17) is 4.74 Å². The number of hydrogen-bond acceptors (Lipinski definition) is 6. The van der Waals surface area contributed by atoms with Crippen LogP contribution in [0.1, 0.15) is 26.7 Å². The third-order valence-corrected chi connectivity index (χ3v) is 2.63. The molecule has 0 bridgehead atoms. The summed E-state index contributed by atoms with van der Waals surface area (Å²) in [5.74, 6) is 0.979. The summed E-state index contributed by atoms with van der Waals surface area (Å²) < 4.78 is 7.29. The molecule has 0 radical (unpaired) electrons. The van der Waals surface area contributed by atoms with Gasteiger partial charge in [-0.3, -0.25) is 4.57 Å². The lowest BCUT2D eigenvalue weighted by molar-refractivity contribution is 0.295. The third kappa shape index (κ3) is 4.55. The number of nitrogens with zero attached hydrogens (tertiary/aromatic N) is 5. The van der Waals surface area contributed by atoms with Gasteiger partial charge in [0.2, 0.25) is 11.9 Å². The zero-order valence-electron chi connectivity index (χ0n) is 12.4. The molecule has 2 aromatic rings. The van der Waals surface area contributed by atoms with Gasteiger partial charge in [-0.15, -0.1) is 6.58 Å². The number of ether oxygens (including phenoxy) is 1. The fraction of sp³-hybridized carbons (Fsp3) is 0.429. The molecule has 2 heterocycles. The molecule has 0 aromatic carbocycles. The van der Waals surface area contributed by atoms with Crippen LogP contribution in [0.25, 0.3) is 5.95 Å². The van der Waals surface area contributed by atoms with Crippen molar-refractivity contribution in [1.82, 2.24) is 24.5 Å². The monoisotopic (exact) mass is 288 g/mol. The second-order valence-corrected chi connectivity index (χ2v) is 4.69. The molecule has 0 saturated carbocycles. The van der Waals surface area contributed by atoms with E-state index in [1.165, 1.54) is 0 Å². The fourth-order valence-corrected chi connectivity index (χ4v) is 1.54. The van der Waals surface area contributed by atoms with Crippen LogP contribution in [0.3, 0.4) is 0 Å². The van der Waals surface area contributed by atoms with E-state index in [0.29, 0.717) is 24.5 Å². The highest BCUT2D eigenvalue weighted by Crippen LogP contribution is 2.11. The van der Waals surface area contributed by atoms with Gasteiger partial charge in [-0.2, -0.15) is 15.0 Å². The van der Waals surface area contributed by atoms with E-state index in [2.05, 4.69) is 38.8 Å². The van der Waals surface area contributed by atoms with Crippen molar-refractivity contribution in [1.29, 1.82) is 0 Å². The summed E-state index contributed by atoms with van der Waals surface area (Å²) in [6.45, 7) is 9.17. The number of anilines is 1. The van der Waals surface area contributed by atoms with Crippen molar-refractivity contribution in [3.8, 4) is 12.0 Å². The highest BCUT2D eigenvalue weighted by molar-refractivity contribution is 5.30. The van der Waals surface area contributed by atoms with Gasteiger partial charge in [0.25, 0.3) is 0 Å². The maximum Gasteiger partial charge on any atom is 0.323 e. The molecular weight excluding hydrogens is 268 g/mol. The minimum Gasteiger partial charge on any atom is -0.463 e. The molecule has 0 unspecified atom stereocenters. The fourth-order valence-electron chi connectivity index (χ4n) is 1.54. The zero-order chi connectivity index (χ0) is 15.1. The molecule has 0 aliphatic rings. The van der Waals surface area contributed by atoms with Crippen molar-refractivity contribution in [2.24, 2.45) is 0 Å². The lowest BCUT2D eigenvalue weighted by atomic mass is 10.3. The summed E-state index contributed by atoms with van der Waals surface area (Å²) in [6, 6.07) is 0.300. The first kappa shape index (κ1) is 15.0. The molecule has 2 rings (SSSR count). The van der Waals surface area contributed by atoms with Crippen LogP contribution in [0.4, 0.5) is 5.95 Å². The third-order valence-electron chi connectivity index (χ3n) is 2.63. The van der Waals surface area contributed by atoms with Gasteiger partial charge in [0, 0.05) is 25.4 Å². The van der Waals surface area contributed by atoms with Crippen LogP contribution >= 0.6 is 0 Å². The van der Waals surface area contributed by atoms with E-state index in [9.17, 15) is 0 Å². The number of rotatable bonds is 8. The number of hydrogen-bond donors (Lipinski definition) is 1. The quantitative estimate of drug-likeness (QED) is 0.750. The molecule has 7 heteroatoms. The molecule has 2 aromatic heterocycles. The van der Waals surface area contributed by atoms with Crippen molar-refractivity contribution < 1.29 is 4.74 Å². The molecule has 0 spiro atoms. The topological polar surface area (TPSA) is 77.8 Å². The van der Waals surface area contributed by atoms with E-state index in [-0.39, 0.29) is 0 Å².